The van der Waals surface area contributed by atoms with E-state index in [2.05, 4.69) is 12.1 Å². The highest BCUT2D eigenvalue weighted by Gasteiger charge is 2.28. The smallest absolute Gasteiger partial charge is 0.410 e. The van der Waals surface area contributed by atoms with Gasteiger partial charge in [-0.05, 0) is 45.4 Å². The number of benzene rings is 2. The number of aromatic nitrogens is 2. The molecule has 2 heterocycles. The molecule has 0 bridgehead atoms. The molecule has 1 aliphatic heterocycles. The lowest BCUT2D eigenvalue weighted by Gasteiger charge is -2.26. The average molecular weight is 424 g/mol. The molecule has 3 aromatic rings. The second kappa shape index (κ2) is 8.15. The molecular formula is C24H26ClN3O2. The van der Waals surface area contributed by atoms with Gasteiger partial charge in [0.2, 0.25) is 0 Å². The minimum atomic E-state index is -0.505. The first-order valence-electron chi connectivity index (χ1n) is 10.2. The quantitative estimate of drug-likeness (QED) is 0.544. The van der Waals surface area contributed by atoms with E-state index in [1.165, 1.54) is 5.56 Å². The number of halogens is 1. The molecule has 0 aliphatic carbocycles. The third-order valence-corrected chi connectivity index (χ3v) is 5.30. The summed E-state index contributed by atoms with van der Waals surface area (Å²) in [5.74, 6) is 0. The number of nitrogens with zero attached hydrogens (tertiary/aromatic N) is 3. The summed E-state index contributed by atoms with van der Waals surface area (Å²) < 4.78 is 7.56. The van der Waals surface area contributed by atoms with Gasteiger partial charge in [0.1, 0.15) is 5.60 Å². The van der Waals surface area contributed by atoms with Crippen LogP contribution in [0.2, 0.25) is 5.02 Å². The number of amides is 1. The van der Waals surface area contributed by atoms with Gasteiger partial charge >= 0.3 is 6.09 Å². The van der Waals surface area contributed by atoms with Crippen molar-refractivity contribution in [3.63, 3.8) is 0 Å². The van der Waals surface area contributed by atoms with Crippen LogP contribution in [0.15, 0.2) is 54.6 Å². The van der Waals surface area contributed by atoms with Gasteiger partial charge in [0, 0.05) is 35.7 Å². The largest absolute Gasteiger partial charge is 0.444 e. The van der Waals surface area contributed by atoms with Crippen molar-refractivity contribution in [2.24, 2.45) is 0 Å². The van der Waals surface area contributed by atoms with Crippen molar-refractivity contribution in [2.45, 2.75) is 39.2 Å². The van der Waals surface area contributed by atoms with E-state index in [1.54, 1.807) is 4.90 Å². The fraction of sp³-hybridized carbons (Fsp3) is 0.333. The Bertz CT molecular complexity index is 1050. The lowest BCUT2D eigenvalue weighted by atomic mass is 10.0. The van der Waals surface area contributed by atoms with Crippen LogP contribution in [-0.2, 0) is 17.6 Å². The summed E-state index contributed by atoms with van der Waals surface area (Å²) in [7, 11) is 0. The van der Waals surface area contributed by atoms with Crippen molar-refractivity contribution < 1.29 is 9.53 Å². The molecule has 4 rings (SSSR count). The Balaban J connectivity index is 1.72. The first-order chi connectivity index (χ1) is 14.3. The maximum Gasteiger partial charge on any atom is 0.410 e. The van der Waals surface area contributed by atoms with Gasteiger partial charge in [-0.1, -0.05) is 48.0 Å². The van der Waals surface area contributed by atoms with Crippen LogP contribution < -0.4 is 0 Å². The second-order valence-electron chi connectivity index (χ2n) is 8.50. The Hall–Kier alpha value is -2.79. The van der Waals surface area contributed by atoms with Crippen LogP contribution in [0.25, 0.3) is 16.9 Å². The summed E-state index contributed by atoms with van der Waals surface area (Å²) in [6.45, 7) is 6.85. The fourth-order valence-electron chi connectivity index (χ4n) is 3.75. The van der Waals surface area contributed by atoms with Gasteiger partial charge in [0.25, 0.3) is 0 Å². The van der Waals surface area contributed by atoms with Gasteiger partial charge < -0.3 is 9.64 Å². The number of carbonyl (C=O) groups is 1. The second-order valence-corrected chi connectivity index (χ2v) is 8.94. The Labute approximate surface area is 182 Å². The van der Waals surface area contributed by atoms with E-state index < -0.39 is 5.60 Å². The van der Waals surface area contributed by atoms with Crippen molar-refractivity contribution in [2.75, 3.05) is 13.1 Å². The van der Waals surface area contributed by atoms with E-state index >= 15 is 0 Å². The van der Waals surface area contributed by atoms with E-state index in [0.717, 1.165) is 29.1 Å². The van der Waals surface area contributed by atoms with Gasteiger partial charge in [-0.2, -0.15) is 5.10 Å². The summed E-state index contributed by atoms with van der Waals surface area (Å²) in [5, 5.41) is 5.62. The van der Waals surface area contributed by atoms with Gasteiger partial charge in [-0.25, -0.2) is 9.48 Å². The zero-order chi connectivity index (χ0) is 21.3. The summed E-state index contributed by atoms with van der Waals surface area (Å²) in [6, 6.07) is 18.0. The predicted molar refractivity (Wildman–Crippen MR) is 119 cm³/mol. The molecule has 30 heavy (non-hydrogen) atoms. The van der Waals surface area contributed by atoms with Crippen molar-refractivity contribution in [1.29, 1.82) is 0 Å². The van der Waals surface area contributed by atoms with E-state index in [-0.39, 0.29) is 6.09 Å². The van der Waals surface area contributed by atoms with Gasteiger partial charge in [-0.3, -0.25) is 0 Å². The number of fused-ring (bicyclic) bond motifs is 1. The third-order valence-electron chi connectivity index (χ3n) is 5.07. The van der Waals surface area contributed by atoms with Crippen LogP contribution in [0.5, 0.6) is 0 Å². The fourth-order valence-corrected chi connectivity index (χ4v) is 3.94. The molecule has 5 nitrogen and oxygen atoms in total. The van der Waals surface area contributed by atoms with Crippen molar-refractivity contribution in [3.8, 4) is 16.9 Å². The first kappa shape index (κ1) is 20.5. The molecule has 0 saturated carbocycles. The molecule has 0 N–H and O–H groups in total. The summed E-state index contributed by atoms with van der Waals surface area (Å²) in [5.41, 5.74) is 4.76. The maximum atomic E-state index is 12.6. The zero-order valence-corrected chi connectivity index (χ0v) is 18.3. The SMILES string of the molecule is CC(C)(C)OC(=O)N1CCc2nn(-c3cccc(Cl)c3)c(-c3ccccc3)c2CC1. The molecule has 0 fully saturated rings. The van der Waals surface area contributed by atoms with Crippen LogP contribution in [0, 0.1) is 0 Å². The molecule has 0 saturated heterocycles. The molecule has 6 heteroatoms. The van der Waals surface area contributed by atoms with Crippen molar-refractivity contribution in [3.05, 3.63) is 70.9 Å². The highest BCUT2D eigenvalue weighted by Crippen LogP contribution is 2.32. The lowest BCUT2D eigenvalue weighted by Crippen LogP contribution is -2.38. The van der Waals surface area contributed by atoms with Crippen LogP contribution in [-0.4, -0.2) is 39.5 Å². The number of hydrogen-bond acceptors (Lipinski definition) is 3. The Morgan fingerprint density at radius 3 is 2.47 bits per heavy atom. The molecule has 1 aliphatic rings. The number of carbonyl (C=O) groups excluding carboxylic acids is 1. The van der Waals surface area contributed by atoms with Gasteiger partial charge in [0.05, 0.1) is 17.1 Å². The van der Waals surface area contributed by atoms with E-state index in [1.807, 2.05) is 67.9 Å². The number of ether oxygens (including phenoxy) is 1. The minimum absolute atomic E-state index is 0.267. The van der Waals surface area contributed by atoms with Gasteiger partial charge in [0.15, 0.2) is 0 Å². The monoisotopic (exact) mass is 423 g/mol. The minimum Gasteiger partial charge on any atom is -0.444 e. The molecule has 2 aromatic carbocycles. The molecule has 1 amide bonds. The highest BCUT2D eigenvalue weighted by molar-refractivity contribution is 6.30. The average Bonchev–Trinajstić information content (AvgIpc) is 2.93. The Kier molecular flexibility index (Phi) is 5.56. The van der Waals surface area contributed by atoms with Crippen LogP contribution >= 0.6 is 11.6 Å². The van der Waals surface area contributed by atoms with Crippen molar-refractivity contribution >= 4 is 17.7 Å². The highest BCUT2D eigenvalue weighted by atomic mass is 35.5. The molecule has 0 unspecified atom stereocenters. The normalized spacial score (nSPS) is 14.2. The Morgan fingerprint density at radius 1 is 1.03 bits per heavy atom. The van der Waals surface area contributed by atoms with E-state index in [0.29, 0.717) is 24.5 Å². The molecule has 0 spiro atoms. The standard InChI is InChI=1S/C24H26ClN3O2/c1-24(2,3)30-23(29)27-14-12-20-21(13-15-27)26-28(19-11-7-10-18(25)16-19)22(20)17-8-5-4-6-9-17/h4-11,16H,12-15H2,1-3H3. The molecule has 0 radical (unpaired) electrons. The first-order valence-corrected chi connectivity index (χ1v) is 10.6. The summed E-state index contributed by atoms with van der Waals surface area (Å²) in [6.07, 6.45) is 1.14. The van der Waals surface area contributed by atoms with Gasteiger partial charge in [-0.15, -0.1) is 0 Å². The Morgan fingerprint density at radius 2 is 1.77 bits per heavy atom. The van der Waals surface area contributed by atoms with Crippen LogP contribution in [0.1, 0.15) is 32.0 Å². The lowest BCUT2D eigenvalue weighted by molar-refractivity contribution is 0.0258. The predicted octanol–water partition coefficient (Wildman–Crippen LogP) is 5.53. The molecule has 0 atom stereocenters. The van der Waals surface area contributed by atoms with E-state index in [9.17, 15) is 4.79 Å². The molecule has 1 aromatic heterocycles. The topological polar surface area (TPSA) is 47.4 Å². The maximum absolute atomic E-state index is 12.6. The number of rotatable bonds is 2. The summed E-state index contributed by atoms with van der Waals surface area (Å²) >= 11 is 6.25. The molecular weight excluding hydrogens is 398 g/mol. The van der Waals surface area contributed by atoms with Crippen LogP contribution in [0.4, 0.5) is 4.79 Å². The number of hydrogen-bond donors (Lipinski definition) is 0. The third kappa shape index (κ3) is 4.36. The van der Waals surface area contributed by atoms with E-state index in [4.69, 9.17) is 21.4 Å². The van der Waals surface area contributed by atoms with Crippen LogP contribution in [0.3, 0.4) is 0 Å². The summed E-state index contributed by atoms with van der Waals surface area (Å²) in [4.78, 5) is 14.4. The molecule has 156 valence electrons. The zero-order valence-electron chi connectivity index (χ0n) is 17.6. The van der Waals surface area contributed by atoms with Crippen molar-refractivity contribution in [1.82, 2.24) is 14.7 Å².